The van der Waals surface area contributed by atoms with Crippen molar-refractivity contribution >= 4 is 12.6 Å². The van der Waals surface area contributed by atoms with Gasteiger partial charge in [0.05, 0.1) is 6.61 Å². The van der Waals surface area contributed by atoms with Crippen molar-refractivity contribution in [3.05, 3.63) is 0 Å². The molecule has 1 saturated heterocycles. The van der Waals surface area contributed by atoms with Crippen LogP contribution in [0.3, 0.4) is 0 Å². The predicted molar refractivity (Wildman–Crippen MR) is 98.3 cm³/mol. The maximum atomic E-state index is 10.1. The van der Waals surface area contributed by atoms with Gasteiger partial charge in [-0.1, -0.05) is 64.7 Å². The Hall–Kier alpha value is 0.150. The van der Waals surface area contributed by atoms with E-state index in [2.05, 4.69) is 19.6 Å². The van der Waals surface area contributed by atoms with Crippen molar-refractivity contribution in [1.82, 2.24) is 0 Å². The van der Waals surface area contributed by atoms with Gasteiger partial charge >= 0.3 is 0 Å². The minimum absolute atomic E-state index is 0.347. The third-order valence-corrected chi connectivity index (χ3v) is 5.07. The molecule has 1 fully saturated rings. The van der Waals surface area contributed by atoms with Crippen LogP contribution in [0.2, 0.25) is 0 Å². The van der Waals surface area contributed by atoms with Gasteiger partial charge in [0.2, 0.25) is 0 Å². The van der Waals surface area contributed by atoms with Crippen LogP contribution in [0.4, 0.5) is 0 Å². The van der Waals surface area contributed by atoms with E-state index >= 15 is 0 Å². The molecule has 0 aromatic rings. The summed E-state index contributed by atoms with van der Waals surface area (Å²) in [5.74, 6) is 0. The van der Waals surface area contributed by atoms with Crippen molar-refractivity contribution in [1.29, 1.82) is 0 Å². The zero-order chi connectivity index (χ0) is 17.8. The number of aliphatic hydroxyl groups is 3. The van der Waals surface area contributed by atoms with E-state index in [0.29, 0.717) is 6.61 Å². The van der Waals surface area contributed by atoms with E-state index in [1.807, 2.05) is 0 Å². The third-order valence-electron chi connectivity index (χ3n) is 4.65. The first kappa shape index (κ1) is 22.2. The minimum atomic E-state index is -1.14. The highest BCUT2D eigenvalue weighted by atomic mass is 32.1. The Kier molecular flexibility index (Phi) is 12.4. The fourth-order valence-electron chi connectivity index (χ4n) is 3.06. The molecule has 1 aliphatic rings. The molecule has 0 radical (unpaired) electrons. The topological polar surface area (TPSA) is 79.2 Å². The van der Waals surface area contributed by atoms with Gasteiger partial charge in [0, 0.05) is 6.61 Å². The summed E-state index contributed by atoms with van der Waals surface area (Å²) in [6, 6.07) is 0. The summed E-state index contributed by atoms with van der Waals surface area (Å²) in [5.41, 5.74) is -0.635. The van der Waals surface area contributed by atoms with E-state index in [0.717, 1.165) is 12.8 Å². The highest BCUT2D eigenvalue weighted by molar-refractivity contribution is 7.80. The highest BCUT2D eigenvalue weighted by Crippen LogP contribution is 2.25. The summed E-state index contributed by atoms with van der Waals surface area (Å²) < 4.78 is 11.0. The fraction of sp³-hybridized carbons (Fsp3) is 1.00. The average molecular weight is 365 g/mol. The molecule has 3 N–H and O–H groups in total. The second-order valence-electron chi connectivity index (χ2n) is 6.75. The maximum Gasteiger partial charge on any atom is 0.129 e. The number of aliphatic hydroxyl groups excluding tert-OH is 3. The van der Waals surface area contributed by atoms with Crippen LogP contribution < -0.4 is 0 Å². The maximum absolute atomic E-state index is 10.1. The molecule has 0 saturated carbocycles. The van der Waals surface area contributed by atoms with Crippen LogP contribution >= 0.6 is 12.6 Å². The summed E-state index contributed by atoms with van der Waals surface area (Å²) in [4.78, 5) is 0. The van der Waals surface area contributed by atoms with Crippen molar-refractivity contribution < 1.29 is 24.8 Å². The third kappa shape index (κ3) is 8.02. The number of rotatable bonds is 13. The van der Waals surface area contributed by atoms with E-state index in [4.69, 9.17) is 14.6 Å². The molecule has 1 aliphatic heterocycles. The molecule has 144 valence electrons. The Morgan fingerprint density at radius 2 is 1.42 bits per heavy atom. The van der Waals surface area contributed by atoms with Gasteiger partial charge in [0.15, 0.2) is 0 Å². The van der Waals surface area contributed by atoms with E-state index in [9.17, 15) is 10.2 Å². The first-order valence-electron chi connectivity index (χ1n) is 9.54. The number of hydrogen-bond acceptors (Lipinski definition) is 6. The van der Waals surface area contributed by atoms with Crippen LogP contribution in [0.25, 0.3) is 0 Å². The van der Waals surface area contributed by atoms with Crippen LogP contribution in [0.5, 0.6) is 0 Å². The second-order valence-corrected chi connectivity index (χ2v) is 7.26. The van der Waals surface area contributed by atoms with Gasteiger partial charge in [0.1, 0.15) is 29.9 Å². The molecule has 0 unspecified atom stereocenters. The minimum Gasteiger partial charge on any atom is -0.394 e. The number of hydrogen-bond donors (Lipinski definition) is 4. The van der Waals surface area contributed by atoms with Gasteiger partial charge < -0.3 is 24.8 Å². The first-order valence-corrected chi connectivity index (χ1v) is 10.1. The quantitative estimate of drug-likeness (QED) is 0.298. The monoisotopic (exact) mass is 364 g/mol. The molecule has 0 amide bonds. The predicted octanol–water partition coefficient (Wildman–Crippen LogP) is 2.66. The number of thiol groups is 1. The van der Waals surface area contributed by atoms with Crippen molar-refractivity contribution in [3.63, 3.8) is 0 Å². The Morgan fingerprint density at radius 3 is 1.96 bits per heavy atom. The van der Waals surface area contributed by atoms with Gasteiger partial charge in [0.25, 0.3) is 0 Å². The lowest BCUT2D eigenvalue weighted by Crippen LogP contribution is -2.57. The highest BCUT2D eigenvalue weighted by Gasteiger charge is 2.43. The molecule has 1 rings (SSSR count). The van der Waals surface area contributed by atoms with Gasteiger partial charge in [-0.2, -0.15) is 0 Å². The van der Waals surface area contributed by atoms with Crippen molar-refractivity contribution in [2.45, 2.75) is 101 Å². The van der Waals surface area contributed by atoms with Crippen molar-refractivity contribution in [3.8, 4) is 0 Å². The molecule has 0 aromatic carbocycles. The molecule has 0 aliphatic carbocycles. The molecule has 5 atom stereocenters. The molecular weight excluding hydrogens is 328 g/mol. The molecular formula is C18H36O5S. The van der Waals surface area contributed by atoms with Crippen LogP contribution in [0.1, 0.15) is 71.1 Å². The molecule has 6 heteroatoms. The van der Waals surface area contributed by atoms with Gasteiger partial charge in [-0.05, 0) is 6.42 Å². The van der Waals surface area contributed by atoms with Crippen molar-refractivity contribution in [2.24, 2.45) is 0 Å². The lowest BCUT2D eigenvalue weighted by atomic mass is 10.00. The molecule has 5 nitrogen and oxygen atoms in total. The zero-order valence-corrected chi connectivity index (χ0v) is 15.9. The lowest BCUT2D eigenvalue weighted by molar-refractivity contribution is -0.218. The summed E-state index contributed by atoms with van der Waals surface area (Å²) >= 11 is 4.25. The SMILES string of the molecule is CCCCCCCCCCCCO[C@@H]1[C@@H](O)[C@@H](O)[C@@H](CO)O[C@H]1S. The second kappa shape index (κ2) is 13.4. The van der Waals surface area contributed by atoms with Crippen LogP contribution in [0, 0.1) is 0 Å². The fourth-order valence-corrected chi connectivity index (χ4v) is 3.48. The zero-order valence-electron chi connectivity index (χ0n) is 15.0. The number of unbranched alkanes of at least 4 members (excludes halogenated alkanes) is 9. The summed E-state index contributed by atoms with van der Waals surface area (Å²) in [6.45, 7) is 2.41. The van der Waals surface area contributed by atoms with Crippen LogP contribution in [-0.4, -0.2) is 58.4 Å². The number of ether oxygens (including phenoxy) is 2. The standard InChI is InChI=1S/C18H36O5S/c1-2-3-4-5-6-7-8-9-10-11-12-22-17-16(21)15(20)14(13-19)23-18(17)24/h14-21,24H,2-13H2,1H3/t14-,15+,16+,17-,18+/m1/s1. The van der Waals surface area contributed by atoms with E-state index in [1.54, 1.807) is 0 Å². The molecule has 24 heavy (non-hydrogen) atoms. The van der Waals surface area contributed by atoms with E-state index < -0.39 is 29.9 Å². The molecule has 0 aromatic heterocycles. The summed E-state index contributed by atoms with van der Waals surface area (Å²) in [5, 5.41) is 29.0. The van der Waals surface area contributed by atoms with Gasteiger partial charge in [-0.25, -0.2) is 0 Å². The molecule has 1 heterocycles. The van der Waals surface area contributed by atoms with Gasteiger partial charge in [-0.3, -0.25) is 0 Å². The molecule has 0 bridgehead atoms. The Labute approximate surface area is 152 Å². The van der Waals surface area contributed by atoms with Crippen LogP contribution in [-0.2, 0) is 9.47 Å². The van der Waals surface area contributed by atoms with Crippen molar-refractivity contribution in [2.75, 3.05) is 13.2 Å². The Morgan fingerprint density at radius 1 is 0.875 bits per heavy atom. The normalized spacial score (nSPS) is 30.6. The average Bonchev–Trinajstić information content (AvgIpc) is 2.58. The Balaban J connectivity index is 2.02. The Bertz CT molecular complexity index is 305. The van der Waals surface area contributed by atoms with E-state index in [-0.39, 0.29) is 6.61 Å². The summed E-state index contributed by atoms with van der Waals surface area (Å²) in [6.07, 6.45) is 8.85. The first-order chi connectivity index (χ1) is 11.6. The van der Waals surface area contributed by atoms with Gasteiger partial charge in [-0.15, -0.1) is 12.6 Å². The largest absolute Gasteiger partial charge is 0.394 e. The van der Waals surface area contributed by atoms with Crippen LogP contribution in [0.15, 0.2) is 0 Å². The lowest BCUT2D eigenvalue weighted by Gasteiger charge is -2.40. The molecule has 0 spiro atoms. The van der Waals surface area contributed by atoms with E-state index in [1.165, 1.54) is 51.4 Å². The smallest absolute Gasteiger partial charge is 0.129 e. The summed E-state index contributed by atoms with van der Waals surface area (Å²) in [7, 11) is 0.